The highest BCUT2D eigenvalue weighted by Gasteiger charge is 2.14. The molecular formula is C13H30N2O. The standard InChI is InChI=1S/C13H30N2O/c1-6-15(7-2)12-8-10-14-11-9-13(3,4)16-5/h14H,6-12H2,1-5H3. The first-order valence-corrected chi connectivity index (χ1v) is 6.54. The summed E-state index contributed by atoms with van der Waals surface area (Å²) in [6, 6.07) is 0. The van der Waals surface area contributed by atoms with Crippen LogP contribution in [0.2, 0.25) is 0 Å². The summed E-state index contributed by atoms with van der Waals surface area (Å²) in [5.74, 6) is 0. The van der Waals surface area contributed by atoms with Crippen LogP contribution in [0, 0.1) is 0 Å². The lowest BCUT2D eigenvalue weighted by Gasteiger charge is -2.23. The van der Waals surface area contributed by atoms with E-state index in [1.807, 2.05) is 0 Å². The molecule has 0 aromatic rings. The maximum absolute atomic E-state index is 5.37. The van der Waals surface area contributed by atoms with Crippen molar-refractivity contribution in [3.05, 3.63) is 0 Å². The Morgan fingerprint density at radius 1 is 1.12 bits per heavy atom. The molecule has 0 fully saturated rings. The summed E-state index contributed by atoms with van der Waals surface area (Å²) in [5, 5.41) is 3.47. The molecular weight excluding hydrogens is 200 g/mol. The van der Waals surface area contributed by atoms with Crippen molar-refractivity contribution >= 4 is 0 Å². The summed E-state index contributed by atoms with van der Waals surface area (Å²) in [6.45, 7) is 14.4. The highest BCUT2D eigenvalue weighted by Crippen LogP contribution is 2.11. The van der Waals surface area contributed by atoms with Gasteiger partial charge in [0.15, 0.2) is 0 Å². The molecule has 0 radical (unpaired) electrons. The van der Waals surface area contributed by atoms with Gasteiger partial charge in [-0.2, -0.15) is 0 Å². The van der Waals surface area contributed by atoms with E-state index in [1.165, 1.54) is 13.0 Å². The van der Waals surface area contributed by atoms with E-state index in [0.717, 1.165) is 32.6 Å². The van der Waals surface area contributed by atoms with E-state index in [9.17, 15) is 0 Å². The lowest BCUT2D eigenvalue weighted by atomic mass is 10.1. The molecule has 3 heteroatoms. The molecule has 0 atom stereocenters. The molecule has 0 saturated carbocycles. The van der Waals surface area contributed by atoms with Crippen LogP contribution < -0.4 is 5.32 Å². The van der Waals surface area contributed by atoms with Gasteiger partial charge in [-0.25, -0.2) is 0 Å². The smallest absolute Gasteiger partial charge is 0.0634 e. The van der Waals surface area contributed by atoms with Crippen molar-refractivity contribution < 1.29 is 4.74 Å². The zero-order valence-electron chi connectivity index (χ0n) is 11.8. The Kier molecular flexibility index (Phi) is 8.90. The summed E-state index contributed by atoms with van der Waals surface area (Å²) in [4.78, 5) is 2.46. The third kappa shape index (κ3) is 8.08. The Morgan fingerprint density at radius 2 is 1.75 bits per heavy atom. The molecule has 0 aromatic carbocycles. The SMILES string of the molecule is CCN(CC)CCCNCCC(C)(C)OC. The first-order chi connectivity index (χ1) is 7.55. The fraction of sp³-hybridized carbons (Fsp3) is 1.00. The van der Waals surface area contributed by atoms with Crippen molar-refractivity contribution in [1.29, 1.82) is 0 Å². The minimum Gasteiger partial charge on any atom is -0.379 e. The lowest BCUT2D eigenvalue weighted by Crippen LogP contribution is -2.31. The monoisotopic (exact) mass is 230 g/mol. The fourth-order valence-corrected chi connectivity index (χ4v) is 1.58. The Hall–Kier alpha value is -0.120. The number of hydrogen-bond donors (Lipinski definition) is 1. The quantitative estimate of drug-likeness (QED) is 0.582. The van der Waals surface area contributed by atoms with Gasteiger partial charge in [0.25, 0.3) is 0 Å². The van der Waals surface area contributed by atoms with Gasteiger partial charge in [-0.1, -0.05) is 13.8 Å². The van der Waals surface area contributed by atoms with E-state index in [1.54, 1.807) is 7.11 Å². The maximum atomic E-state index is 5.37. The molecule has 0 amide bonds. The van der Waals surface area contributed by atoms with Crippen molar-refractivity contribution in [2.45, 2.75) is 46.1 Å². The highest BCUT2D eigenvalue weighted by molar-refractivity contribution is 4.69. The molecule has 0 spiro atoms. The van der Waals surface area contributed by atoms with Crippen LogP contribution in [0.1, 0.15) is 40.5 Å². The Bertz CT molecular complexity index is 156. The summed E-state index contributed by atoms with van der Waals surface area (Å²) < 4.78 is 5.37. The normalized spacial score (nSPS) is 12.4. The van der Waals surface area contributed by atoms with Gasteiger partial charge in [0.2, 0.25) is 0 Å². The zero-order chi connectivity index (χ0) is 12.4. The van der Waals surface area contributed by atoms with Crippen LogP contribution in [0.15, 0.2) is 0 Å². The van der Waals surface area contributed by atoms with Gasteiger partial charge < -0.3 is 15.0 Å². The van der Waals surface area contributed by atoms with Crippen LogP contribution in [0.25, 0.3) is 0 Å². The van der Waals surface area contributed by atoms with E-state index in [-0.39, 0.29) is 5.60 Å². The topological polar surface area (TPSA) is 24.5 Å². The van der Waals surface area contributed by atoms with Crippen molar-refractivity contribution in [3.63, 3.8) is 0 Å². The van der Waals surface area contributed by atoms with E-state index >= 15 is 0 Å². The van der Waals surface area contributed by atoms with Gasteiger partial charge in [0.05, 0.1) is 5.60 Å². The zero-order valence-corrected chi connectivity index (χ0v) is 11.8. The van der Waals surface area contributed by atoms with Crippen LogP contribution in [0.5, 0.6) is 0 Å². The Balaban J connectivity index is 3.34. The average molecular weight is 230 g/mol. The van der Waals surface area contributed by atoms with Crippen LogP contribution >= 0.6 is 0 Å². The summed E-state index contributed by atoms with van der Waals surface area (Å²) in [7, 11) is 1.78. The molecule has 0 aromatic heterocycles. The number of nitrogens with one attached hydrogen (secondary N) is 1. The molecule has 3 nitrogen and oxygen atoms in total. The van der Waals surface area contributed by atoms with Gasteiger partial charge in [-0.15, -0.1) is 0 Å². The first kappa shape index (κ1) is 15.9. The average Bonchev–Trinajstić information content (AvgIpc) is 2.28. The van der Waals surface area contributed by atoms with Crippen LogP contribution in [0.4, 0.5) is 0 Å². The predicted octanol–water partition coefficient (Wildman–Crippen LogP) is 2.12. The van der Waals surface area contributed by atoms with Gasteiger partial charge in [0.1, 0.15) is 0 Å². The number of methoxy groups -OCH3 is 1. The minimum atomic E-state index is 0.00583. The molecule has 0 aliphatic rings. The van der Waals surface area contributed by atoms with Crippen LogP contribution in [-0.4, -0.2) is 50.3 Å². The van der Waals surface area contributed by atoms with Gasteiger partial charge in [-0.05, 0) is 59.4 Å². The third-order valence-electron chi connectivity index (χ3n) is 3.18. The van der Waals surface area contributed by atoms with Crippen molar-refractivity contribution in [2.75, 3.05) is 39.8 Å². The number of hydrogen-bond acceptors (Lipinski definition) is 3. The van der Waals surface area contributed by atoms with Gasteiger partial charge in [-0.3, -0.25) is 0 Å². The lowest BCUT2D eigenvalue weighted by molar-refractivity contribution is 0.0159. The highest BCUT2D eigenvalue weighted by atomic mass is 16.5. The number of nitrogens with zero attached hydrogens (tertiary/aromatic N) is 1. The largest absolute Gasteiger partial charge is 0.379 e. The van der Waals surface area contributed by atoms with Crippen molar-refractivity contribution in [1.82, 2.24) is 10.2 Å². The summed E-state index contributed by atoms with van der Waals surface area (Å²) >= 11 is 0. The molecule has 0 aliphatic carbocycles. The Labute approximate surface area is 102 Å². The predicted molar refractivity (Wildman–Crippen MR) is 71.0 cm³/mol. The number of ether oxygens (including phenoxy) is 1. The van der Waals surface area contributed by atoms with Crippen molar-refractivity contribution in [2.24, 2.45) is 0 Å². The van der Waals surface area contributed by atoms with E-state index in [0.29, 0.717) is 0 Å². The molecule has 0 aliphatic heterocycles. The molecule has 98 valence electrons. The molecule has 1 N–H and O–H groups in total. The van der Waals surface area contributed by atoms with Crippen LogP contribution in [-0.2, 0) is 4.74 Å². The first-order valence-electron chi connectivity index (χ1n) is 6.54. The molecule has 0 rings (SSSR count). The van der Waals surface area contributed by atoms with Crippen LogP contribution in [0.3, 0.4) is 0 Å². The minimum absolute atomic E-state index is 0.00583. The fourth-order valence-electron chi connectivity index (χ4n) is 1.58. The Morgan fingerprint density at radius 3 is 2.25 bits per heavy atom. The van der Waals surface area contributed by atoms with Gasteiger partial charge >= 0.3 is 0 Å². The summed E-state index contributed by atoms with van der Waals surface area (Å²) in [5.41, 5.74) is 0.00583. The molecule has 16 heavy (non-hydrogen) atoms. The van der Waals surface area contributed by atoms with Gasteiger partial charge in [0, 0.05) is 7.11 Å². The maximum Gasteiger partial charge on any atom is 0.0634 e. The second kappa shape index (κ2) is 8.97. The molecule has 0 heterocycles. The second-order valence-corrected chi connectivity index (χ2v) is 4.84. The molecule has 0 unspecified atom stereocenters. The third-order valence-corrected chi connectivity index (χ3v) is 3.18. The van der Waals surface area contributed by atoms with E-state index < -0.39 is 0 Å². The summed E-state index contributed by atoms with van der Waals surface area (Å²) in [6.07, 6.45) is 2.30. The second-order valence-electron chi connectivity index (χ2n) is 4.84. The molecule has 0 saturated heterocycles. The van der Waals surface area contributed by atoms with Crippen molar-refractivity contribution in [3.8, 4) is 0 Å². The van der Waals surface area contributed by atoms with E-state index in [4.69, 9.17) is 4.74 Å². The molecule has 0 bridgehead atoms. The van der Waals surface area contributed by atoms with E-state index in [2.05, 4.69) is 37.9 Å². The number of rotatable bonds is 10.